The number of aryl methyl sites for hydroxylation is 1. The zero-order chi connectivity index (χ0) is 19.4. The van der Waals surface area contributed by atoms with Crippen molar-refractivity contribution in [2.24, 2.45) is 7.05 Å². The van der Waals surface area contributed by atoms with Crippen LogP contribution in [0.25, 0.3) is 0 Å². The maximum absolute atomic E-state index is 12.5. The van der Waals surface area contributed by atoms with Crippen molar-refractivity contribution >= 4 is 24.3 Å². The Labute approximate surface area is 167 Å². The van der Waals surface area contributed by atoms with Gasteiger partial charge in [0.2, 0.25) is 5.95 Å². The second-order valence-corrected chi connectivity index (χ2v) is 6.14. The van der Waals surface area contributed by atoms with Crippen LogP contribution in [0.2, 0.25) is 0 Å². The van der Waals surface area contributed by atoms with Crippen LogP contribution in [-0.2, 0) is 7.05 Å². The van der Waals surface area contributed by atoms with E-state index in [-0.39, 0.29) is 35.4 Å². The van der Waals surface area contributed by atoms with Crippen LogP contribution >= 0.6 is 12.4 Å². The third-order valence-corrected chi connectivity index (χ3v) is 4.35. The lowest BCUT2D eigenvalue weighted by molar-refractivity contribution is -0.0512. The van der Waals surface area contributed by atoms with Gasteiger partial charge in [0.15, 0.2) is 17.3 Å². The van der Waals surface area contributed by atoms with Gasteiger partial charge in [0, 0.05) is 18.5 Å². The summed E-state index contributed by atoms with van der Waals surface area (Å²) in [6.45, 7) is -1.15. The molecule has 154 valence electrons. The number of rotatable bonds is 6. The lowest BCUT2D eigenvalue weighted by Crippen LogP contribution is -2.27. The first-order valence-corrected chi connectivity index (χ1v) is 8.53. The number of carbonyl (C=O) groups is 1. The van der Waals surface area contributed by atoms with Crippen molar-refractivity contribution in [2.45, 2.75) is 25.4 Å². The van der Waals surface area contributed by atoms with Crippen molar-refractivity contribution in [3.05, 3.63) is 29.6 Å². The molecule has 3 rings (SSSR count). The smallest absolute Gasteiger partial charge is 0.387 e. The molecule has 0 unspecified atom stereocenters. The van der Waals surface area contributed by atoms with Crippen LogP contribution < -0.4 is 20.1 Å². The largest absolute Gasteiger partial charge is 0.493 e. The second kappa shape index (κ2) is 9.65. The van der Waals surface area contributed by atoms with Crippen LogP contribution in [0, 0.1) is 0 Å². The van der Waals surface area contributed by atoms with E-state index in [9.17, 15) is 13.6 Å². The standard InChI is InChI=1S/C17H21F2N5O3.ClH/c1-24-17(21-14(23-24)10-5-7-20-8-6-10)22-15(25)11-3-4-12(27-16(18)19)13(9-11)26-2;/h3-4,9-10,16,20H,5-8H2,1-2H3,(H,21,22,23,25);1H. The van der Waals surface area contributed by atoms with Crippen LogP contribution in [0.15, 0.2) is 18.2 Å². The van der Waals surface area contributed by atoms with Crippen molar-refractivity contribution in [2.75, 3.05) is 25.5 Å². The summed E-state index contributed by atoms with van der Waals surface area (Å²) in [6.07, 6.45) is 1.89. The Balaban J connectivity index is 0.00000280. The zero-order valence-corrected chi connectivity index (χ0v) is 16.3. The Kier molecular flexibility index (Phi) is 7.53. The van der Waals surface area contributed by atoms with Gasteiger partial charge < -0.3 is 14.8 Å². The number of alkyl halides is 2. The topological polar surface area (TPSA) is 90.3 Å². The summed E-state index contributed by atoms with van der Waals surface area (Å²) < 4.78 is 35.7. The Morgan fingerprint density at radius 2 is 2.04 bits per heavy atom. The average molecular weight is 418 g/mol. The van der Waals surface area contributed by atoms with E-state index in [0.717, 1.165) is 25.9 Å². The highest BCUT2D eigenvalue weighted by Gasteiger charge is 2.22. The van der Waals surface area contributed by atoms with E-state index >= 15 is 0 Å². The highest BCUT2D eigenvalue weighted by Crippen LogP contribution is 2.30. The first kappa shape index (κ1) is 21.8. The molecule has 0 saturated carbocycles. The number of benzene rings is 1. The van der Waals surface area contributed by atoms with E-state index in [1.54, 1.807) is 7.05 Å². The van der Waals surface area contributed by atoms with E-state index in [4.69, 9.17) is 4.74 Å². The van der Waals surface area contributed by atoms with Gasteiger partial charge in [0.05, 0.1) is 7.11 Å². The number of aromatic nitrogens is 3. The van der Waals surface area contributed by atoms with Crippen molar-refractivity contribution in [3.8, 4) is 11.5 Å². The molecule has 2 N–H and O–H groups in total. The summed E-state index contributed by atoms with van der Waals surface area (Å²) in [5, 5.41) is 10.4. The molecule has 1 amide bonds. The van der Waals surface area contributed by atoms with Crippen molar-refractivity contribution < 1.29 is 23.0 Å². The van der Waals surface area contributed by atoms with Crippen molar-refractivity contribution in [3.63, 3.8) is 0 Å². The summed E-state index contributed by atoms with van der Waals surface area (Å²) in [4.78, 5) is 16.9. The van der Waals surface area contributed by atoms with Gasteiger partial charge in [-0.3, -0.25) is 10.1 Å². The number of nitrogens with one attached hydrogen (secondary N) is 2. The molecule has 1 aromatic heterocycles. The molecule has 2 heterocycles. The predicted octanol–water partition coefficient (Wildman–Crippen LogP) is 2.57. The maximum atomic E-state index is 12.5. The van der Waals surface area contributed by atoms with Gasteiger partial charge >= 0.3 is 6.61 Å². The molecular formula is C17H22ClF2N5O3. The van der Waals surface area contributed by atoms with E-state index in [1.165, 1.54) is 30.0 Å². The summed E-state index contributed by atoms with van der Waals surface area (Å²) in [5.41, 5.74) is 0.222. The molecule has 8 nitrogen and oxygen atoms in total. The number of amides is 1. The molecule has 0 aliphatic carbocycles. The minimum atomic E-state index is -2.98. The number of hydrogen-bond acceptors (Lipinski definition) is 6. The second-order valence-electron chi connectivity index (χ2n) is 6.14. The minimum Gasteiger partial charge on any atom is -0.493 e. The van der Waals surface area contributed by atoms with Gasteiger partial charge in [-0.1, -0.05) is 0 Å². The summed E-state index contributed by atoms with van der Waals surface area (Å²) in [6, 6.07) is 3.97. The van der Waals surface area contributed by atoms with Crippen LogP contribution in [0.5, 0.6) is 11.5 Å². The van der Waals surface area contributed by atoms with Gasteiger partial charge in [-0.05, 0) is 44.1 Å². The van der Waals surface area contributed by atoms with Crippen molar-refractivity contribution in [1.29, 1.82) is 0 Å². The fourth-order valence-electron chi connectivity index (χ4n) is 2.94. The molecule has 0 radical (unpaired) electrons. The Bertz CT molecular complexity index is 812. The van der Waals surface area contributed by atoms with E-state index in [0.29, 0.717) is 11.8 Å². The number of carbonyl (C=O) groups excluding carboxylic acids is 1. The van der Waals surface area contributed by atoms with Crippen LogP contribution in [0.3, 0.4) is 0 Å². The van der Waals surface area contributed by atoms with Crippen molar-refractivity contribution in [1.82, 2.24) is 20.1 Å². The lowest BCUT2D eigenvalue weighted by atomic mass is 9.98. The predicted molar refractivity (Wildman–Crippen MR) is 101 cm³/mol. The number of piperidine rings is 1. The number of nitrogens with zero attached hydrogens (tertiary/aromatic N) is 3. The van der Waals surface area contributed by atoms with Gasteiger partial charge in [0.25, 0.3) is 5.91 Å². The molecule has 1 aliphatic heterocycles. The molecule has 11 heteroatoms. The first-order chi connectivity index (χ1) is 13.0. The summed E-state index contributed by atoms with van der Waals surface area (Å²) in [5.74, 6) is 0.721. The van der Waals surface area contributed by atoms with Crippen LogP contribution in [0.1, 0.15) is 34.9 Å². The average Bonchev–Trinajstić information content (AvgIpc) is 3.02. The fraction of sp³-hybridized carbons (Fsp3) is 0.471. The fourth-order valence-corrected chi connectivity index (χ4v) is 2.94. The third kappa shape index (κ3) is 5.08. The minimum absolute atomic E-state index is 0. The zero-order valence-electron chi connectivity index (χ0n) is 15.4. The molecule has 1 fully saturated rings. The molecule has 0 atom stereocenters. The van der Waals surface area contributed by atoms with Gasteiger partial charge in [0.1, 0.15) is 0 Å². The molecule has 2 aromatic rings. The number of anilines is 1. The normalized spacial score (nSPS) is 14.5. The first-order valence-electron chi connectivity index (χ1n) is 8.53. The quantitative estimate of drug-likeness (QED) is 0.750. The number of halogens is 3. The molecule has 1 aliphatic rings. The van der Waals surface area contributed by atoms with Crippen LogP contribution in [0.4, 0.5) is 14.7 Å². The Morgan fingerprint density at radius 3 is 2.68 bits per heavy atom. The molecule has 0 spiro atoms. The SMILES string of the molecule is COc1cc(C(=O)Nc2nc(C3CCNCC3)nn2C)ccc1OC(F)F.Cl. The highest BCUT2D eigenvalue weighted by atomic mass is 35.5. The van der Waals surface area contributed by atoms with Crippen LogP contribution in [-0.4, -0.2) is 47.5 Å². The number of hydrogen-bond donors (Lipinski definition) is 2. The summed E-state index contributed by atoms with van der Waals surface area (Å²) in [7, 11) is 3.01. The third-order valence-electron chi connectivity index (χ3n) is 4.35. The van der Waals surface area contributed by atoms with Gasteiger partial charge in [-0.25, -0.2) is 4.68 Å². The Morgan fingerprint density at radius 1 is 1.32 bits per heavy atom. The summed E-state index contributed by atoms with van der Waals surface area (Å²) >= 11 is 0. The molecule has 1 aromatic carbocycles. The van der Waals surface area contributed by atoms with E-state index < -0.39 is 12.5 Å². The highest BCUT2D eigenvalue weighted by molar-refractivity contribution is 6.03. The molecule has 0 bridgehead atoms. The Hall–Kier alpha value is -2.46. The molecule has 1 saturated heterocycles. The number of methoxy groups -OCH3 is 1. The van der Waals surface area contributed by atoms with E-state index in [2.05, 4.69) is 25.5 Å². The van der Waals surface area contributed by atoms with Gasteiger partial charge in [-0.15, -0.1) is 12.4 Å². The van der Waals surface area contributed by atoms with Gasteiger partial charge in [-0.2, -0.15) is 18.9 Å². The van der Waals surface area contributed by atoms with E-state index in [1.807, 2.05) is 0 Å². The number of ether oxygens (including phenoxy) is 2. The monoisotopic (exact) mass is 417 g/mol. The molecular weight excluding hydrogens is 396 g/mol. The molecule has 28 heavy (non-hydrogen) atoms. The lowest BCUT2D eigenvalue weighted by Gasteiger charge is -2.19. The maximum Gasteiger partial charge on any atom is 0.387 e.